The van der Waals surface area contributed by atoms with Crippen LogP contribution in [0.2, 0.25) is 0 Å². The highest BCUT2D eigenvalue weighted by Crippen LogP contribution is 1.95. The summed E-state index contributed by atoms with van der Waals surface area (Å²) < 4.78 is 0. The topological polar surface area (TPSA) is 66.9 Å². The van der Waals surface area contributed by atoms with Crippen LogP contribution < -0.4 is 11.1 Å². The number of hydrogen-bond acceptors (Lipinski definition) is 3. The first-order valence-electron chi connectivity index (χ1n) is 2.62. The van der Waals surface area contributed by atoms with Crippen LogP contribution in [-0.4, -0.2) is 5.91 Å². The molecular formula is C6H6N2OS. The number of nitrogens with one attached hydrogen (secondary N) is 1. The molecule has 0 aliphatic carbocycles. The summed E-state index contributed by atoms with van der Waals surface area (Å²) >= 11 is 1.35. The zero-order valence-electron chi connectivity index (χ0n) is 5.13. The van der Waals surface area contributed by atoms with Gasteiger partial charge in [-0.1, -0.05) is 0 Å². The predicted molar refractivity (Wildman–Crippen MR) is 38.7 cm³/mol. The average Bonchev–Trinajstić information content (AvgIpc) is 1.88. The van der Waals surface area contributed by atoms with Crippen molar-refractivity contribution in [1.82, 2.24) is 0 Å². The van der Waals surface area contributed by atoms with Crippen LogP contribution in [0.4, 0.5) is 0 Å². The van der Waals surface area contributed by atoms with Crippen molar-refractivity contribution in [3.63, 3.8) is 0 Å². The van der Waals surface area contributed by atoms with Crippen molar-refractivity contribution in [2.75, 3.05) is 0 Å². The Morgan fingerprint density at radius 3 is 2.80 bits per heavy atom. The first-order valence-corrected chi connectivity index (χ1v) is 3.57. The quantitative estimate of drug-likeness (QED) is 0.601. The first kappa shape index (κ1) is 6.95. The normalized spacial score (nSPS) is 9.20. The van der Waals surface area contributed by atoms with Gasteiger partial charge >= 0.3 is 0 Å². The minimum absolute atomic E-state index is 0.186. The van der Waals surface area contributed by atoms with Crippen molar-refractivity contribution in [3.05, 3.63) is 27.7 Å². The van der Waals surface area contributed by atoms with Gasteiger partial charge in [0.05, 0.1) is 10.9 Å². The Morgan fingerprint density at radius 2 is 2.40 bits per heavy atom. The molecule has 0 aliphatic heterocycles. The summed E-state index contributed by atoms with van der Waals surface area (Å²) in [5, 5.41) is 10.7. The molecular weight excluding hydrogens is 148 g/mol. The number of carbonyl (C=O) groups excluding carboxylic acids is 1. The molecule has 0 saturated heterocycles. The highest BCUT2D eigenvalue weighted by Gasteiger charge is 1.99. The number of nitrogens with two attached hydrogens (primary N) is 1. The fraction of sp³-hybridized carbons (Fsp3) is 0. The standard InChI is InChI=1S/C6H6N2OS/c7-5-1-2-10-3-4(5)6(8)9/h1-3,7H,(H2,8,9). The molecule has 4 heteroatoms. The number of rotatable bonds is 1. The fourth-order valence-corrected chi connectivity index (χ4v) is 1.23. The Morgan fingerprint density at radius 1 is 1.70 bits per heavy atom. The van der Waals surface area contributed by atoms with Crippen molar-refractivity contribution >= 4 is 17.2 Å². The van der Waals surface area contributed by atoms with Crippen molar-refractivity contribution in [3.8, 4) is 0 Å². The van der Waals surface area contributed by atoms with Crippen LogP contribution in [-0.2, 0) is 0 Å². The lowest BCUT2D eigenvalue weighted by Gasteiger charge is -1.90. The maximum Gasteiger partial charge on any atom is 0.251 e. The van der Waals surface area contributed by atoms with Gasteiger partial charge in [-0.25, -0.2) is 0 Å². The van der Waals surface area contributed by atoms with E-state index in [-0.39, 0.29) is 10.9 Å². The third kappa shape index (κ3) is 1.22. The number of hydrogen-bond donors (Lipinski definition) is 2. The van der Waals surface area contributed by atoms with Crippen molar-refractivity contribution in [2.45, 2.75) is 0 Å². The summed E-state index contributed by atoms with van der Waals surface area (Å²) in [6.07, 6.45) is 0. The second-order valence-electron chi connectivity index (χ2n) is 1.75. The monoisotopic (exact) mass is 154 g/mol. The maximum atomic E-state index is 10.5. The lowest BCUT2D eigenvalue weighted by molar-refractivity contribution is 0.0999. The number of amides is 1. The van der Waals surface area contributed by atoms with Crippen molar-refractivity contribution in [1.29, 1.82) is 5.41 Å². The third-order valence-electron chi connectivity index (χ3n) is 1.05. The van der Waals surface area contributed by atoms with Crippen LogP contribution in [0.5, 0.6) is 0 Å². The second-order valence-corrected chi connectivity index (χ2v) is 2.53. The van der Waals surface area contributed by atoms with Crippen molar-refractivity contribution in [2.24, 2.45) is 5.73 Å². The molecule has 0 saturated carbocycles. The highest BCUT2D eigenvalue weighted by atomic mass is 32.1. The Labute approximate surface area is 61.6 Å². The average molecular weight is 154 g/mol. The molecule has 0 fully saturated rings. The largest absolute Gasteiger partial charge is 0.366 e. The molecule has 10 heavy (non-hydrogen) atoms. The van der Waals surface area contributed by atoms with Crippen molar-refractivity contribution < 1.29 is 4.79 Å². The van der Waals surface area contributed by atoms with E-state index in [2.05, 4.69) is 0 Å². The highest BCUT2D eigenvalue weighted by molar-refractivity contribution is 7.07. The molecule has 52 valence electrons. The van der Waals surface area contributed by atoms with Crippen LogP contribution in [0, 0.1) is 5.41 Å². The van der Waals surface area contributed by atoms with E-state index in [1.54, 1.807) is 16.8 Å². The van der Waals surface area contributed by atoms with E-state index >= 15 is 0 Å². The number of carbonyl (C=O) groups is 1. The molecule has 0 unspecified atom stereocenters. The molecule has 0 aliphatic rings. The summed E-state index contributed by atoms with van der Waals surface area (Å²) in [7, 11) is 0. The zero-order valence-corrected chi connectivity index (χ0v) is 5.94. The zero-order chi connectivity index (χ0) is 7.56. The molecule has 1 aromatic rings. The molecule has 3 nitrogen and oxygen atoms in total. The van der Waals surface area contributed by atoms with E-state index in [4.69, 9.17) is 11.1 Å². The lowest BCUT2D eigenvalue weighted by Crippen LogP contribution is -2.19. The summed E-state index contributed by atoms with van der Waals surface area (Å²) in [4.78, 5) is 10.5. The second kappa shape index (κ2) is 2.62. The van der Waals surface area contributed by atoms with Crippen LogP contribution in [0.15, 0.2) is 16.8 Å². The summed E-state index contributed by atoms with van der Waals surface area (Å²) in [6, 6.07) is 1.55. The Balaban J connectivity index is 3.29. The van der Waals surface area contributed by atoms with Gasteiger partial charge in [-0.05, 0) is 11.4 Å². The minimum Gasteiger partial charge on any atom is -0.366 e. The Kier molecular flexibility index (Phi) is 1.82. The molecule has 0 radical (unpaired) electrons. The van der Waals surface area contributed by atoms with E-state index in [1.165, 1.54) is 11.3 Å². The maximum absolute atomic E-state index is 10.5. The molecule has 0 aromatic carbocycles. The molecule has 1 rings (SSSR count). The molecule has 1 amide bonds. The first-order chi connectivity index (χ1) is 4.72. The molecule has 3 N–H and O–H groups in total. The molecule has 1 heterocycles. The predicted octanol–water partition coefficient (Wildman–Crippen LogP) is 0.326. The van der Waals surface area contributed by atoms with Gasteiger partial charge in [0.25, 0.3) is 5.91 Å². The van der Waals surface area contributed by atoms with Crippen LogP contribution in [0.1, 0.15) is 10.4 Å². The Bertz CT molecular complexity index is 305. The summed E-state index contributed by atoms with van der Waals surface area (Å²) in [5.74, 6) is -0.540. The fourth-order valence-electron chi connectivity index (χ4n) is 0.559. The summed E-state index contributed by atoms with van der Waals surface area (Å²) in [6.45, 7) is 0. The smallest absolute Gasteiger partial charge is 0.251 e. The molecule has 0 atom stereocenters. The lowest BCUT2D eigenvalue weighted by atomic mass is 10.3. The third-order valence-corrected chi connectivity index (χ3v) is 1.72. The molecule has 0 spiro atoms. The van der Waals surface area contributed by atoms with Crippen LogP contribution in [0.3, 0.4) is 0 Å². The van der Waals surface area contributed by atoms with Gasteiger partial charge < -0.3 is 11.1 Å². The van der Waals surface area contributed by atoms with Gasteiger partial charge in [0.2, 0.25) is 0 Å². The van der Waals surface area contributed by atoms with Gasteiger partial charge in [0.15, 0.2) is 0 Å². The molecule has 0 bridgehead atoms. The number of primary amides is 1. The van der Waals surface area contributed by atoms with Gasteiger partial charge in [-0.3, -0.25) is 4.79 Å². The van der Waals surface area contributed by atoms with E-state index in [9.17, 15) is 4.79 Å². The van der Waals surface area contributed by atoms with E-state index < -0.39 is 5.91 Å². The molecule has 1 aromatic heterocycles. The minimum atomic E-state index is -0.540. The van der Waals surface area contributed by atoms with Gasteiger partial charge in [-0.2, -0.15) is 11.3 Å². The van der Waals surface area contributed by atoms with Crippen LogP contribution in [0.25, 0.3) is 0 Å². The van der Waals surface area contributed by atoms with Gasteiger partial charge in [0, 0.05) is 5.38 Å². The summed E-state index contributed by atoms with van der Waals surface area (Å²) in [5.41, 5.74) is 5.25. The Hall–Kier alpha value is -1.16. The van der Waals surface area contributed by atoms with E-state index in [0.29, 0.717) is 0 Å². The SMILES string of the molecule is N=c1ccscc1C(N)=O. The van der Waals surface area contributed by atoms with Gasteiger partial charge in [0.1, 0.15) is 0 Å². The van der Waals surface area contributed by atoms with E-state index in [1.807, 2.05) is 0 Å². The van der Waals surface area contributed by atoms with Crippen LogP contribution >= 0.6 is 11.3 Å². The van der Waals surface area contributed by atoms with Gasteiger partial charge in [-0.15, -0.1) is 0 Å². The van der Waals surface area contributed by atoms with E-state index in [0.717, 1.165) is 0 Å².